The molecule has 1 N–H and O–H groups in total. The SMILES string of the molecule is CCOc1cc(C(=O)OCC(=O)N2c3ccccc3NC(=O)C2(C)C)ccc1OC. The van der Waals surface area contributed by atoms with Crippen LogP contribution in [0.3, 0.4) is 0 Å². The third kappa shape index (κ3) is 3.94. The number of carbonyl (C=O) groups is 3. The first kappa shape index (κ1) is 21.2. The van der Waals surface area contributed by atoms with E-state index in [1.54, 1.807) is 44.2 Å². The molecule has 0 saturated heterocycles. The fourth-order valence-corrected chi connectivity index (χ4v) is 3.25. The van der Waals surface area contributed by atoms with E-state index < -0.39 is 24.0 Å². The molecule has 1 aliphatic rings. The number of anilines is 2. The maximum atomic E-state index is 13.0. The van der Waals surface area contributed by atoms with Gasteiger partial charge in [-0.15, -0.1) is 0 Å². The molecule has 8 nitrogen and oxygen atoms in total. The molecular formula is C22H24N2O6. The van der Waals surface area contributed by atoms with Crippen LogP contribution in [0.25, 0.3) is 0 Å². The number of rotatable bonds is 6. The molecule has 1 aliphatic heterocycles. The minimum absolute atomic E-state index is 0.225. The molecule has 0 radical (unpaired) electrons. The van der Waals surface area contributed by atoms with Gasteiger partial charge in [-0.3, -0.25) is 14.5 Å². The van der Waals surface area contributed by atoms with Gasteiger partial charge in [0.1, 0.15) is 5.54 Å². The molecule has 0 bridgehead atoms. The van der Waals surface area contributed by atoms with Gasteiger partial charge in [-0.05, 0) is 51.1 Å². The highest BCUT2D eigenvalue weighted by molar-refractivity contribution is 6.14. The number of hydrogen-bond acceptors (Lipinski definition) is 6. The first-order chi connectivity index (χ1) is 14.3. The average molecular weight is 412 g/mol. The Morgan fingerprint density at radius 2 is 1.83 bits per heavy atom. The minimum atomic E-state index is -1.14. The van der Waals surface area contributed by atoms with E-state index in [9.17, 15) is 14.4 Å². The summed E-state index contributed by atoms with van der Waals surface area (Å²) in [5.74, 6) is -0.614. The van der Waals surface area contributed by atoms with Gasteiger partial charge in [0, 0.05) is 0 Å². The summed E-state index contributed by atoms with van der Waals surface area (Å²) >= 11 is 0. The zero-order valence-corrected chi connectivity index (χ0v) is 17.4. The molecule has 0 aromatic heterocycles. The van der Waals surface area contributed by atoms with E-state index in [2.05, 4.69) is 5.32 Å². The van der Waals surface area contributed by atoms with E-state index in [-0.39, 0.29) is 11.5 Å². The van der Waals surface area contributed by atoms with E-state index >= 15 is 0 Å². The Kier molecular flexibility index (Phi) is 5.96. The summed E-state index contributed by atoms with van der Waals surface area (Å²) in [5, 5.41) is 2.79. The molecule has 30 heavy (non-hydrogen) atoms. The maximum absolute atomic E-state index is 13.0. The van der Waals surface area contributed by atoms with Gasteiger partial charge in [0.2, 0.25) is 5.91 Å². The predicted octanol–water partition coefficient (Wildman–Crippen LogP) is 3.01. The van der Waals surface area contributed by atoms with Gasteiger partial charge in [0.15, 0.2) is 18.1 Å². The minimum Gasteiger partial charge on any atom is -0.493 e. The number of benzene rings is 2. The van der Waals surface area contributed by atoms with Crippen molar-refractivity contribution < 1.29 is 28.6 Å². The van der Waals surface area contributed by atoms with Crippen LogP contribution in [0.4, 0.5) is 11.4 Å². The first-order valence-corrected chi connectivity index (χ1v) is 9.51. The molecule has 8 heteroatoms. The monoisotopic (exact) mass is 412 g/mol. The summed E-state index contributed by atoms with van der Waals surface area (Å²) in [7, 11) is 1.50. The summed E-state index contributed by atoms with van der Waals surface area (Å²) in [5.41, 5.74) is 0.160. The van der Waals surface area contributed by atoms with Gasteiger partial charge < -0.3 is 19.5 Å². The predicted molar refractivity (Wildman–Crippen MR) is 111 cm³/mol. The molecule has 2 aromatic carbocycles. The largest absolute Gasteiger partial charge is 0.493 e. The second kappa shape index (κ2) is 8.44. The summed E-state index contributed by atoms with van der Waals surface area (Å²) in [6.45, 7) is 4.97. The van der Waals surface area contributed by atoms with Crippen LogP contribution in [0, 0.1) is 0 Å². The van der Waals surface area contributed by atoms with Gasteiger partial charge in [0.05, 0.1) is 30.7 Å². The van der Waals surface area contributed by atoms with Gasteiger partial charge in [-0.1, -0.05) is 12.1 Å². The topological polar surface area (TPSA) is 94.2 Å². The second-order valence-corrected chi connectivity index (χ2v) is 7.13. The Balaban J connectivity index is 1.77. The third-order valence-corrected chi connectivity index (χ3v) is 4.78. The number of nitrogens with one attached hydrogen (secondary N) is 1. The van der Waals surface area contributed by atoms with Crippen molar-refractivity contribution in [2.75, 3.05) is 30.5 Å². The van der Waals surface area contributed by atoms with Crippen LogP contribution in [0.5, 0.6) is 11.5 Å². The zero-order chi connectivity index (χ0) is 21.9. The number of esters is 1. The third-order valence-electron chi connectivity index (χ3n) is 4.78. The Morgan fingerprint density at radius 1 is 1.10 bits per heavy atom. The molecule has 158 valence electrons. The summed E-state index contributed by atoms with van der Waals surface area (Å²) in [4.78, 5) is 39.3. The van der Waals surface area contributed by atoms with Crippen LogP contribution in [-0.2, 0) is 14.3 Å². The second-order valence-electron chi connectivity index (χ2n) is 7.13. The van der Waals surface area contributed by atoms with E-state index in [4.69, 9.17) is 14.2 Å². The van der Waals surface area contributed by atoms with Crippen molar-refractivity contribution in [1.82, 2.24) is 0 Å². The molecule has 2 aromatic rings. The van der Waals surface area contributed by atoms with Crippen molar-refractivity contribution in [3.05, 3.63) is 48.0 Å². The molecular weight excluding hydrogens is 388 g/mol. The molecule has 3 rings (SSSR count). The molecule has 0 saturated carbocycles. The zero-order valence-electron chi connectivity index (χ0n) is 17.4. The lowest BCUT2D eigenvalue weighted by molar-refractivity contribution is -0.128. The van der Waals surface area contributed by atoms with E-state index in [1.807, 2.05) is 6.92 Å². The van der Waals surface area contributed by atoms with Gasteiger partial charge in [-0.25, -0.2) is 4.79 Å². The summed E-state index contributed by atoms with van der Waals surface area (Å²) < 4.78 is 15.9. The fourth-order valence-electron chi connectivity index (χ4n) is 3.25. The average Bonchev–Trinajstić information content (AvgIpc) is 2.72. The molecule has 0 fully saturated rings. The Bertz CT molecular complexity index is 985. The van der Waals surface area contributed by atoms with Gasteiger partial charge in [-0.2, -0.15) is 0 Å². The highest BCUT2D eigenvalue weighted by Crippen LogP contribution is 2.36. The van der Waals surface area contributed by atoms with Crippen molar-refractivity contribution in [3.8, 4) is 11.5 Å². The van der Waals surface area contributed by atoms with Crippen molar-refractivity contribution >= 4 is 29.2 Å². The Morgan fingerprint density at radius 3 is 2.53 bits per heavy atom. The summed E-state index contributed by atoms with van der Waals surface area (Å²) in [6, 6.07) is 11.6. The van der Waals surface area contributed by atoms with Crippen LogP contribution in [0.15, 0.2) is 42.5 Å². The number of nitrogens with zero attached hydrogens (tertiary/aromatic N) is 1. The quantitative estimate of drug-likeness (QED) is 0.733. The number of para-hydroxylation sites is 2. The fraction of sp³-hybridized carbons (Fsp3) is 0.318. The molecule has 0 unspecified atom stereocenters. The van der Waals surface area contributed by atoms with Crippen LogP contribution >= 0.6 is 0 Å². The molecule has 0 spiro atoms. The van der Waals surface area contributed by atoms with Crippen LogP contribution in [0.2, 0.25) is 0 Å². The number of fused-ring (bicyclic) bond motifs is 1. The van der Waals surface area contributed by atoms with Crippen molar-refractivity contribution in [1.29, 1.82) is 0 Å². The maximum Gasteiger partial charge on any atom is 0.338 e. The van der Waals surface area contributed by atoms with Crippen LogP contribution in [-0.4, -0.2) is 43.6 Å². The molecule has 0 atom stereocenters. The first-order valence-electron chi connectivity index (χ1n) is 9.51. The highest BCUT2D eigenvalue weighted by atomic mass is 16.5. The number of ether oxygens (including phenoxy) is 3. The number of methoxy groups -OCH3 is 1. The summed E-state index contributed by atoms with van der Waals surface area (Å²) in [6.07, 6.45) is 0. The Labute approximate surface area is 174 Å². The van der Waals surface area contributed by atoms with Crippen LogP contribution < -0.4 is 19.7 Å². The molecule has 1 heterocycles. The number of carbonyl (C=O) groups excluding carboxylic acids is 3. The van der Waals surface area contributed by atoms with Gasteiger partial charge in [0.25, 0.3) is 5.91 Å². The Hall–Kier alpha value is -3.55. The van der Waals surface area contributed by atoms with Crippen molar-refractivity contribution in [3.63, 3.8) is 0 Å². The lowest BCUT2D eigenvalue weighted by atomic mass is 9.96. The standard InChI is InChI=1S/C22H24N2O6/c1-5-29-18-12-14(10-11-17(18)28-4)20(26)30-13-19(25)24-16-9-7-6-8-15(16)23-21(27)22(24,2)3/h6-12H,5,13H2,1-4H3,(H,23,27). The lowest BCUT2D eigenvalue weighted by Crippen LogP contribution is -2.59. The normalized spacial score (nSPS) is 14.4. The number of amides is 2. The smallest absolute Gasteiger partial charge is 0.338 e. The van der Waals surface area contributed by atoms with E-state index in [0.29, 0.717) is 29.5 Å². The molecule has 0 aliphatic carbocycles. The molecule has 2 amide bonds. The van der Waals surface area contributed by atoms with Crippen LogP contribution in [0.1, 0.15) is 31.1 Å². The van der Waals surface area contributed by atoms with Crippen molar-refractivity contribution in [2.24, 2.45) is 0 Å². The highest BCUT2D eigenvalue weighted by Gasteiger charge is 2.43. The van der Waals surface area contributed by atoms with Crippen molar-refractivity contribution in [2.45, 2.75) is 26.3 Å². The van der Waals surface area contributed by atoms with Gasteiger partial charge >= 0.3 is 5.97 Å². The van der Waals surface area contributed by atoms with E-state index in [0.717, 1.165) is 0 Å². The lowest BCUT2D eigenvalue weighted by Gasteiger charge is -2.41. The number of hydrogen-bond donors (Lipinski definition) is 1. The van der Waals surface area contributed by atoms with E-state index in [1.165, 1.54) is 24.1 Å².